The number of piperidine rings is 3. The predicted octanol–water partition coefficient (Wildman–Crippen LogP) is 4.02. The average Bonchev–Trinajstić information content (AvgIpc) is 2.78. The molecule has 3 fully saturated rings. The number of hydrogen-bond acceptors (Lipinski definition) is 5. The van der Waals surface area contributed by atoms with Gasteiger partial charge in [0.2, 0.25) is 0 Å². The minimum atomic E-state index is -0.395. The molecule has 5 rings (SSSR count). The zero-order chi connectivity index (χ0) is 21.1. The second-order valence-electron chi connectivity index (χ2n) is 8.18. The van der Waals surface area contributed by atoms with E-state index in [1.165, 1.54) is 7.11 Å². The molecule has 30 heavy (non-hydrogen) atoms. The number of hydrogen-bond donors (Lipinski definition) is 0. The molecule has 2 aromatic rings. The Labute approximate surface area is 177 Å². The Morgan fingerprint density at radius 3 is 2.53 bits per heavy atom. The van der Waals surface area contributed by atoms with Crippen LogP contribution < -0.4 is 4.90 Å². The number of carbonyl (C=O) groups excluding carboxylic acids is 2. The van der Waals surface area contributed by atoms with E-state index in [4.69, 9.17) is 9.47 Å². The van der Waals surface area contributed by atoms with Crippen molar-refractivity contribution < 1.29 is 19.1 Å². The number of carbonyl (C=O) groups is 2. The lowest BCUT2D eigenvalue weighted by molar-refractivity contribution is -0.0311. The second-order valence-corrected chi connectivity index (χ2v) is 8.18. The number of nitrogens with zero attached hydrogens (tertiary/aromatic N) is 2. The molecule has 2 aromatic carbocycles. The van der Waals surface area contributed by atoms with Gasteiger partial charge < -0.3 is 9.47 Å². The molecule has 0 unspecified atom stereocenters. The minimum Gasteiger partial charge on any atom is -0.465 e. The molecule has 6 nitrogen and oxygen atoms in total. The number of fused-ring (bicyclic) bond motifs is 3. The van der Waals surface area contributed by atoms with Crippen LogP contribution in [0.5, 0.6) is 0 Å². The maximum atomic E-state index is 13.3. The van der Waals surface area contributed by atoms with Crippen LogP contribution in [0.1, 0.15) is 34.3 Å². The Hall–Kier alpha value is -2.86. The lowest BCUT2D eigenvalue weighted by Crippen LogP contribution is -2.53. The Kier molecular flexibility index (Phi) is 6.04. The van der Waals surface area contributed by atoms with Crippen LogP contribution in [0.15, 0.2) is 48.5 Å². The summed E-state index contributed by atoms with van der Waals surface area (Å²) in [6, 6.07) is 15.0. The summed E-state index contributed by atoms with van der Waals surface area (Å²) in [6.45, 7) is 5.32. The minimum absolute atomic E-state index is 0.0614. The van der Waals surface area contributed by atoms with Gasteiger partial charge in [0.25, 0.3) is 0 Å². The summed E-state index contributed by atoms with van der Waals surface area (Å²) in [5.74, 6) is 0.0507. The van der Waals surface area contributed by atoms with E-state index in [2.05, 4.69) is 4.90 Å². The van der Waals surface area contributed by atoms with Crippen LogP contribution in [0.3, 0.4) is 0 Å². The number of amides is 1. The molecule has 3 aliphatic heterocycles. The van der Waals surface area contributed by atoms with Gasteiger partial charge in [0, 0.05) is 12.2 Å². The number of esters is 1. The van der Waals surface area contributed by atoms with Gasteiger partial charge in [0.05, 0.1) is 19.2 Å². The fourth-order valence-electron chi connectivity index (χ4n) is 4.39. The first-order valence-corrected chi connectivity index (χ1v) is 10.5. The van der Waals surface area contributed by atoms with Crippen molar-refractivity contribution in [1.29, 1.82) is 0 Å². The molecular formula is C24H28N2O4. The molecule has 0 aromatic heterocycles. The van der Waals surface area contributed by atoms with Crippen molar-refractivity contribution in [2.24, 2.45) is 5.92 Å². The van der Waals surface area contributed by atoms with E-state index in [1.54, 1.807) is 23.1 Å². The molecule has 0 radical (unpaired) electrons. The van der Waals surface area contributed by atoms with E-state index in [9.17, 15) is 9.59 Å². The van der Waals surface area contributed by atoms with Gasteiger partial charge in [-0.2, -0.15) is 0 Å². The van der Waals surface area contributed by atoms with Crippen LogP contribution in [0.2, 0.25) is 0 Å². The molecule has 3 aliphatic rings. The monoisotopic (exact) mass is 408 g/mol. The standard InChI is InChI=1S/C24H28N2O4/c1-17-5-3-8-21(13-17)26(15-18-6-4-7-20(14-18)23(27)29-2)24(28)30-22-16-25-11-9-19(22)10-12-25/h3-8,13-14,19,22H,9-12,15-16H2,1-2H3/t22-/m0/s1. The average molecular weight is 408 g/mol. The molecule has 3 saturated heterocycles. The molecule has 0 saturated carbocycles. The zero-order valence-corrected chi connectivity index (χ0v) is 17.5. The third kappa shape index (κ3) is 4.49. The maximum absolute atomic E-state index is 13.3. The van der Waals surface area contributed by atoms with Crippen LogP contribution >= 0.6 is 0 Å². The fourth-order valence-corrected chi connectivity index (χ4v) is 4.39. The van der Waals surface area contributed by atoms with Crippen LogP contribution in [-0.4, -0.2) is 49.8 Å². The van der Waals surface area contributed by atoms with Crippen molar-refractivity contribution in [2.75, 3.05) is 31.6 Å². The van der Waals surface area contributed by atoms with Gasteiger partial charge in [-0.15, -0.1) is 0 Å². The van der Waals surface area contributed by atoms with Crippen molar-refractivity contribution in [3.8, 4) is 0 Å². The molecule has 1 atom stereocenters. The number of ether oxygens (including phenoxy) is 2. The van der Waals surface area contributed by atoms with Gasteiger partial charge in [-0.1, -0.05) is 24.3 Å². The van der Waals surface area contributed by atoms with E-state index in [0.29, 0.717) is 18.0 Å². The van der Waals surface area contributed by atoms with Crippen LogP contribution in [0.4, 0.5) is 10.5 Å². The van der Waals surface area contributed by atoms with E-state index < -0.39 is 5.97 Å². The molecular weight excluding hydrogens is 380 g/mol. The Balaban J connectivity index is 1.57. The smallest absolute Gasteiger partial charge is 0.414 e. The number of anilines is 1. The quantitative estimate of drug-likeness (QED) is 0.700. The van der Waals surface area contributed by atoms with Crippen LogP contribution in [-0.2, 0) is 16.0 Å². The molecule has 158 valence electrons. The topological polar surface area (TPSA) is 59.1 Å². The first kappa shape index (κ1) is 20.4. The van der Waals surface area contributed by atoms with Gasteiger partial charge in [0.15, 0.2) is 0 Å². The van der Waals surface area contributed by atoms with Crippen molar-refractivity contribution in [3.63, 3.8) is 0 Å². The van der Waals surface area contributed by atoms with Gasteiger partial charge in [-0.3, -0.25) is 9.80 Å². The number of methoxy groups -OCH3 is 1. The molecule has 6 heteroatoms. The lowest BCUT2D eigenvalue weighted by Gasteiger charge is -2.44. The molecule has 0 N–H and O–H groups in total. The molecule has 3 heterocycles. The van der Waals surface area contributed by atoms with Gasteiger partial charge >= 0.3 is 12.1 Å². The van der Waals surface area contributed by atoms with Crippen molar-refractivity contribution in [3.05, 3.63) is 65.2 Å². The Bertz CT molecular complexity index is 921. The number of benzene rings is 2. The van der Waals surface area contributed by atoms with Crippen molar-refractivity contribution >= 4 is 17.7 Å². The number of aryl methyl sites for hydroxylation is 1. The maximum Gasteiger partial charge on any atom is 0.414 e. The van der Waals surface area contributed by atoms with E-state index >= 15 is 0 Å². The third-order valence-electron chi connectivity index (χ3n) is 6.07. The van der Waals surface area contributed by atoms with Crippen molar-refractivity contribution in [1.82, 2.24) is 4.90 Å². The Morgan fingerprint density at radius 2 is 1.87 bits per heavy atom. The zero-order valence-electron chi connectivity index (χ0n) is 17.5. The predicted molar refractivity (Wildman–Crippen MR) is 115 cm³/mol. The summed E-state index contributed by atoms with van der Waals surface area (Å²) in [5.41, 5.74) is 3.15. The molecule has 1 amide bonds. The van der Waals surface area contributed by atoms with E-state index in [1.807, 2.05) is 37.3 Å². The summed E-state index contributed by atoms with van der Waals surface area (Å²) in [6.07, 6.45) is 1.77. The second kappa shape index (κ2) is 8.88. The van der Waals surface area contributed by atoms with Gasteiger partial charge in [-0.05, 0) is 74.2 Å². The highest BCUT2D eigenvalue weighted by Crippen LogP contribution is 2.31. The van der Waals surface area contributed by atoms with Gasteiger partial charge in [-0.25, -0.2) is 9.59 Å². The lowest BCUT2D eigenvalue weighted by atomic mass is 9.86. The highest BCUT2D eigenvalue weighted by Gasteiger charge is 2.37. The van der Waals surface area contributed by atoms with Gasteiger partial charge in [0.1, 0.15) is 6.10 Å². The molecule has 2 bridgehead atoms. The molecule has 0 spiro atoms. The van der Waals surface area contributed by atoms with Crippen LogP contribution in [0, 0.1) is 12.8 Å². The first-order valence-electron chi connectivity index (χ1n) is 10.5. The summed E-state index contributed by atoms with van der Waals surface area (Å²) < 4.78 is 10.8. The Morgan fingerprint density at radius 1 is 1.10 bits per heavy atom. The normalized spacial score (nSPS) is 22.4. The summed E-state index contributed by atoms with van der Waals surface area (Å²) in [7, 11) is 1.36. The van der Waals surface area contributed by atoms with Crippen LogP contribution in [0.25, 0.3) is 0 Å². The molecule has 0 aliphatic carbocycles. The summed E-state index contributed by atoms with van der Waals surface area (Å²) in [4.78, 5) is 29.2. The first-order chi connectivity index (χ1) is 14.5. The SMILES string of the molecule is COC(=O)c1cccc(CN(C(=O)O[C@H]2CN3CCC2CC3)c2cccc(C)c2)c1. The highest BCUT2D eigenvalue weighted by atomic mass is 16.6. The largest absolute Gasteiger partial charge is 0.465 e. The number of rotatable bonds is 5. The third-order valence-corrected chi connectivity index (χ3v) is 6.07. The van der Waals surface area contributed by atoms with E-state index in [-0.39, 0.29) is 12.2 Å². The van der Waals surface area contributed by atoms with Crippen molar-refractivity contribution in [2.45, 2.75) is 32.4 Å². The highest BCUT2D eigenvalue weighted by molar-refractivity contribution is 5.90. The summed E-state index contributed by atoms with van der Waals surface area (Å²) >= 11 is 0. The van der Waals surface area contributed by atoms with E-state index in [0.717, 1.165) is 49.3 Å². The fraction of sp³-hybridized carbons (Fsp3) is 0.417. The summed E-state index contributed by atoms with van der Waals surface area (Å²) in [5, 5.41) is 0.